The van der Waals surface area contributed by atoms with Gasteiger partial charge >= 0.3 is 5.97 Å². The molecule has 6 nitrogen and oxygen atoms in total. The lowest BCUT2D eigenvalue weighted by Gasteiger charge is -2.37. The van der Waals surface area contributed by atoms with E-state index in [9.17, 15) is 9.59 Å². The van der Waals surface area contributed by atoms with E-state index in [1.165, 1.54) is 0 Å². The molecule has 0 fully saturated rings. The number of aliphatic imine (C=N–C) groups is 1. The number of Topliss-reactive ketones (excluding diaryl/α,β-unsaturated/α-hetero) is 1. The van der Waals surface area contributed by atoms with Gasteiger partial charge in [0.15, 0.2) is 17.3 Å². The number of rotatable bonds is 5. The number of esters is 1. The molecule has 2 heterocycles. The Kier molecular flexibility index (Phi) is 6.41. The molecule has 5 rings (SSSR count). The summed E-state index contributed by atoms with van der Waals surface area (Å²) in [6.45, 7) is 5.84. The van der Waals surface area contributed by atoms with E-state index in [4.69, 9.17) is 30.8 Å². The molecule has 0 amide bonds. The highest BCUT2D eigenvalue weighted by Crippen LogP contribution is 2.48. The van der Waals surface area contributed by atoms with Gasteiger partial charge in [-0.15, -0.1) is 0 Å². The Morgan fingerprint density at radius 2 is 1.83 bits per heavy atom. The van der Waals surface area contributed by atoms with Gasteiger partial charge in [0.2, 0.25) is 6.79 Å². The summed E-state index contributed by atoms with van der Waals surface area (Å²) in [4.78, 5) is 31.9. The standard InChI is InChI=1S/C28H28ClNO5/c1-4-15(2)35-28(32)25-16(3)30-21-11-19(17-5-8-20(29)9-6-17)12-22(31)27(21)26(25)18-7-10-23-24(13-18)34-14-33-23/h5-10,13,15,19,25-26H,4,11-12,14H2,1-3H3/t15-,19+,25?,26-/m0/s1. The van der Waals surface area contributed by atoms with Crippen LogP contribution in [0.2, 0.25) is 5.02 Å². The van der Waals surface area contributed by atoms with E-state index in [1.807, 2.05) is 63.2 Å². The normalized spacial score (nSPS) is 24.1. The van der Waals surface area contributed by atoms with Crippen LogP contribution in [0.3, 0.4) is 0 Å². The maximum atomic E-state index is 13.7. The first-order valence-corrected chi connectivity index (χ1v) is 12.4. The van der Waals surface area contributed by atoms with E-state index in [1.54, 1.807) is 0 Å². The summed E-state index contributed by atoms with van der Waals surface area (Å²) in [5, 5.41) is 0.660. The molecule has 0 saturated carbocycles. The van der Waals surface area contributed by atoms with E-state index in [0.717, 1.165) is 16.8 Å². The molecule has 7 heteroatoms. The number of fused-ring (bicyclic) bond motifs is 1. The highest BCUT2D eigenvalue weighted by atomic mass is 35.5. The molecule has 182 valence electrons. The average Bonchev–Trinajstić information content (AvgIpc) is 3.31. The number of halogens is 1. The van der Waals surface area contributed by atoms with Gasteiger partial charge in [0.1, 0.15) is 5.92 Å². The zero-order chi connectivity index (χ0) is 24.7. The summed E-state index contributed by atoms with van der Waals surface area (Å²) in [7, 11) is 0. The van der Waals surface area contributed by atoms with Crippen LogP contribution in [0, 0.1) is 5.92 Å². The summed E-state index contributed by atoms with van der Waals surface area (Å²) in [6, 6.07) is 13.2. The summed E-state index contributed by atoms with van der Waals surface area (Å²) < 4.78 is 16.8. The van der Waals surface area contributed by atoms with Gasteiger partial charge < -0.3 is 14.2 Å². The molecule has 0 N–H and O–H groups in total. The number of carbonyl (C=O) groups excluding carboxylic acids is 2. The number of ketones is 1. The van der Waals surface area contributed by atoms with E-state index >= 15 is 0 Å². The average molecular weight is 494 g/mol. The molecule has 3 aliphatic rings. The first-order valence-electron chi connectivity index (χ1n) is 12.0. The number of ether oxygens (including phenoxy) is 3. The lowest BCUT2D eigenvalue weighted by Crippen LogP contribution is -2.39. The summed E-state index contributed by atoms with van der Waals surface area (Å²) >= 11 is 6.07. The molecule has 35 heavy (non-hydrogen) atoms. The molecule has 0 spiro atoms. The lowest BCUT2D eigenvalue weighted by atomic mass is 9.69. The Morgan fingerprint density at radius 3 is 2.57 bits per heavy atom. The predicted octanol–water partition coefficient (Wildman–Crippen LogP) is 5.99. The predicted molar refractivity (Wildman–Crippen MR) is 133 cm³/mol. The first-order chi connectivity index (χ1) is 16.9. The second kappa shape index (κ2) is 9.50. The van der Waals surface area contributed by atoms with Gasteiger partial charge in [0, 0.05) is 34.3 Å². The van der Waals surface area contributed by atoms with Crippen LogP contribution in [-0.4, -0.2) is 30.4 Å². The fourth-order valence-corrected chi connectivity index (χ4v) is 5.28. The molecular weight excluding hydrogens is 466 g/mol. The molecule has 0 saturated heterocycles. The van der Waals surface area contributed by atoms with Gasteiger partial charge in [0.05, 0.1) is 6.10 Å². The van der Waals surface area contributed by atoms with E-state index < -0.39 is 11.8 Å². The Bertz CT molecular complexity index is 1230. The minimum absolute atomic E-state index is 0.00598. The first kappa shape index (κ1) is 23.6. The minimum Gasteiger partial charge on any atom is -0.462 e. The van der Waals surface area contributed by atoms with Crippen molar-refractivity contribution >= 4 is 29.1 Å². The molecule has 2 aromatic rings. The largest absolute Gasteiger partial charge is 0.462 e. The Morgan fingerprint density at radius 1 is 1.11 bits per heavy atom. The smallest absolute Gasteiger partial charge is 0.315 e. The Labute approximate surface area is 209 Å². The van der Waals surface area contributed by atoms with E-state index in [2.05, 4.69) is 0 Å². The van der Waals surface area contributed by atoms with Crippen molar-refractivity contribution in [3.63, 3.8) is 0 Å². The molecular formula is C28H28ClNO5. The van der Waals surface area contributed by atoms with Gasteiger partial charge in [-0.25, -0.2) is 0 Å². The number of carbonyl (C=O) groups is 2. The number of allylic oxidation sites excluding steroid dienone is 2. The van der Waals surface area contributed by atoms with Gasteiger partial charge in [0.25, 0.3) is 0 Å². The van der Waals surface area contributed by atoms with Crippen LogP contribution in [-0.2, 0) is 14.3 Å². The van der Waals surface area contributed by atoms with Crippen LogP contribution in [0.15, 0.2) is 58.7 Å². The zero-order valence-corrected chi connectivity index (χ0v) is 20.8. The topological polar surface area (TPSA) is 74.2 Å². The van der Waals surface area contributed by atoms with E-state index in [0.29, 0.717) is 47.1 Å². The summed E-state index contributed by atoms with van der Waals surface area (Å²) in [5.41, 5.74) is 3.88. The monoisotopic (exact) mass is 493 g/mol. The molecule has 0 bridgehead atoms. The maximum absolute atomic E-state index is 13.7. The third-order valence-corrected chi connectivity index (χ3v) is 7.38. The van der Waals surface area contributed by atoms with Crippen molar-refractivity contribution in [2.24, 2.45) is 10.9 Å². The quantitative estimate of drug-likeness (QED) is 0.478. The van der Waals surface area contributed by atoms with Crippen molar-refractivity contribution < 1.29 is 23.8 Å². The molecule has 1 unspecified atom stereocenters. The molecule has 4 atom stereocenters. The molecule has 1 aliphatic carbocycles. The Balaban J connectivity index is 1.57. The Hall–Kier alpha value is -3.12. The van der Waals surface area contributed by atoms with Gasteiger partial charge in [-0.3, -0.25) is 14.6 Å². The molecule has 0 radical (unpaired) electrons. The molecule has 2 aliphatic heterocycles. The van der Waals surface area contributed by atoms with Crippen LogP contribution in [0.4, 0.5) is 0 Å². The van der Waals surface area contributed by atoms with Crippen molar-refractivity contribution in [1.82, 2.24) is 0 Å². The number of benzene rings is 2. The van der Waals surface area contributed by atoms with Crippen LogP contribution < -0.4 is 9.47 Å². The van der Waals surface area contributed by atoms with Gasteiger partial charge in [-0.2, -0.15) is 0 Å². The third-order valence-electron chi connectivity index (χ3n) is 7.13. The lowest BCUT2D eigenvalue weighted by molar-refractivity contribution is -0.151. The van der Waals surface area contributed by atoms with Crippen LogP contribution in [0.5, 0.6) is 11.5 Å². The molecule has 2 aromatic carbocycles. The molecule has 0 aromatic heterocycles. The number of nitrogens with zero attached hydrogens (tertiary/aromatic N) is 1. The van der Waals surface area contributed by atoms with Crippen molar-refractivity contribution in [2.45, 2.75) is 58.0 Å². The zero-order valence-electron chi connectivity index (χ0n) is 20.0. The highest BCUT2D eigenvalue weighted by molar-refractivity contribution is 6.30. The highest BCUT2D eigenvalue weighted by Gasteiger charge is 2.45. The number of hydrogen-bond donors (Lipinski definition) is 0. The second-order valence-corrected chi connectivity index (χ2v) is 9.85. The van der Waals surface area contributed by atoms with Crippen LogP contribution in [0.1, 0.15) is 63.0 Å². The van der Waals surface area contributed by atoms with Crippen molar-refractivity contribution in [1.29, 1.82) is 0 Å². The maximum Gasteiger partial charge on any atom is 0.315 e. The van der Waals surface area contributed by atoms with Crippen LogP contribution >= 0.6 is 11.6 Å². The summed E-state index contributed by atoms with van der Waals surface area (Å²) in [6.07, 6.45) is 1.45. The SMILES string of the molecule is CC[C@H](C)OC(=O)C1C(C)=NC2=C(C(=O)C[C@H](c3ccc(Cl)cc3)C2)[C@H]1c1ccc2c(c1)OCO2. The van der Waals surface area contributed by atoms with Gasteiger partial charge in [-0.1, -0.05) is 36.7 Å². The number of hydrogen-bond acceptors (Lipinski definition) is 6. The van der Waals surface area contributed by atoms with E-state index in [-0.39, 0.29) is 30.6 Å². The van der Waals surface area contributed by atoms with Gasteiger partial charge in [-0.05, 0) is 68.0 Å². The van der Waals surface area contributed by atoms with Crippen molar-refractivity contribution in [3.8, 4) is 11.5 Å². The fraction of sp³-hybridized carbons (Fsp3) is 0.393. The third kappa shape index (κ3) is 4.47. The van der Waals surface area contributed by atoms with Crippen molar-refractivity contribution in [2.75, 3.05) is 6.79 Å². The minimum atomic E-state index is -0.681. The second-order valence-electron chi connectivity index (χ2n) is 9.42. The fourth-order valence-electron chi connectivity index (χ4n) is 5.16. The summed E-state index contributed by atoms with van der Waals surface area (Å²) in [5.74, 6) is -0.252. The van der Waals surface area contributed by atoms with Crippen molar-refractivity contribution in [3.05, 3.63) is 69.9 Å². The van der Waals surface area contributed by atoms with Crippen LogP contribution in [0.25, 0.3) is 0 Å².